The second kappa shape index (κ2) is 2.43. The fraction of sp³-hybridized carbons (Fsp3) is 0.333. The third-order valence-corrected chi connectivity index (χ3v) is 1.92. The highest BCUT2D eigenvalue weighted by molar-refractivity contribution is 9.11. The van der Waals surface area contributed by atoms with E-state index in [0.29, 0.717) is 0 Å². The summed E-state index contributed by atoms with van der Waals surface area (Å²) in [6, 6.07) is 0. The molecule has 0 radical (unpaired) electrons. The maximum Gasteiger partial charge on any atom is 0.205 e. The predicted octanol–water partition coefficient (Wildman–Crippen LogP) is 3.13. The van der Waals surface area contributed by atoms with Crippen molar-refractivity contribution in [3.8, 4) is 0 Å². The summed E-state index contributed by atoms with van der Waals surface area (Å²) in [6.45, 7) is 0. The smallest absolute Gasteiger partial charge is 0.205 e. The van der Waals surface area contributed by atoms with Crippen LogP contribution in [0.25, 0.3) is 0 Å². The van der Waals surface area contributed by atoms with Crippen LogP contribution in [0.1, 0.15) is 6.42 Å². The van der Waals surface area contributed by atoms with Crippen LogP contribution in [0, 0.1) is 0 Å². The number of hydrogen-bond acceptors (Lipinski definition) is 0. The molecule has 0 N–H and O–H groups in total. The summed E-state index contributed by atoms with van der Waals surface area (Å²) < 4.78 is 13.5. The van der Waals surface area contributed by atoms with Crippen molar-refractivity contribution >= 4 is 27.5 Å². The molecule has 9 heavy (non-hydrogen) atoms. The number of halogens is 3. The van der Waals surface area contributed by atoms with E-state index in [1.54, 1.807) is 12.2 Å². The van der Waals surface area contributed by atoms with Crippen molar-refractivity contribution in [2.45, 2.75) is 11.5 Å². The second-order valence-corrected chi connectivity index (χ2v) is 3.43. The molecular formula is C6H5BrClF. The maximum absolute atomic E-state index is 12.7. The Labute approximate surface area is 66.5 Å². The molecule has 1 rings (SSSR count). The molecule has 0 fully saturated rings. The van der Waals surface area contributed by atoms with E-state index in [0.717, 1.165) is 4.48 Å². The summed E-state index contributed by atoms with van der Waals surface area (Å²) in [4.78, 5) is 0. The number of allylic oxidation sites excluding steroid dienone is 4. The number of hydrogen-bond donors (Lipinski definition) is 0. The molecule has 1 aliphatic carbocycles. The molecule has 0 aromatic heterocycles. The molecule has 1 aliphatic rings. The summed E-state index contributed by atoms with van der Waals surface area (Å²) in [7, 11) is 0. The Morgan fingerprint density at radius 3 is 2.78 bits per heavy atom. The van der Waals surface area contributed by atoms with Gasteiger partial charge >= 0.3 is 0 Å². The molecule has 0 aromatic carbocycles. The molecule has 0 spiro atoms. The summed E-state index contributed by atoms with van der Waals surface area (Å²) >= 11 is 8.51. The molecule has 1 unspecified atom stereocenters. The molecule has 0 amide bonds. The third kappa shape index (κ3) is 2.11. The van der Waals surface area contributed by atoms with Gasteiger partial charge < -0.3 is 0 Å². The van der Waals surface area contributed by atoms with Crippen molar-refractivity contribution < 1.29 is 4.39 Å². The average Bonchev–Trinajstić information content (AvgIpc) is 1.78. The van der Waals surface area contributed by atoms with Gasteiger partial charge in [0.2, 0.25) is 5.13 Å². The lowest BCUT2D eigenvalue weighted by atomic mass is 10.2. The van der Waals surface area contributed by atoms with Crippen molar-refractivity contribution in [3.05, 3.63) is 22.7 Å². The van der Waals surface area contributed by atoms with Crippen LogP contribution in [0.5, 0.6) is 0 Å². The highest BCUT2D eigenvalue weighted by atomic mass is 79.9. The second-order valence-electron chi connectivity index (χ2n) is 1.89. The van der Waals surface area contributed by atoms with E-state index in [9.17, 15) is 4.39 Å². The number of rotatable bonds is 0. The highest BCUT2D eigenvalue weighted by Crippen LogP contribution is 2.30. The maximum atomic E-state index is 12.7. The minimum Gasteiger partial charge on any atom is -0.221 e. The topological polar surface area (TPSA) is 0 Å². The first-order valence-electron chi connectivity index (χ1n) is 2.53. The van der Waals surface area contributed by atoms with Crippen molar-refractivity contribution in [3.63, 3.8) is 0 Å². The van der Waals surface area contributed by atoms with Crippen LogP contribution in [-0.2, 0) is 0 Å². The Balaban J connectivity index is 2.70. The van der Waals surface area contributed by atoms with E-state index >= 15 is 0 Å². The lowest BCUT2D eigenvalue weighted by Gasteiger charge is -2.13. The van der Waals surface area contributed by atoms with E-state index in [4.69, 9.17) is 11.6 Å². The molecule has 0 bridgehead atoms. The van der Waals surface area contributed by atoms with Gasteiger partial charge in [0.25, 0.3) is 0 Å². The summed E-state index contributed by atoms with van der Waals surface area (Å²) in [5.74, 6) is 0. The Kier molecular flexibility index (Phi) is 1.97. The summed E-state index contributed by atoms with van der Waals surface area (Å²) in [6.07, 6.45) is 4.88. The molecule has 1 atom stereocenters. The minimum atomic E-state index is -1.66. The fourth-order valence-corrected chi connectivity index (χ4v) is 1.01. The first kappa shape index (κ1) is 7.29. The monoisotopic (exact) mass is 210 g/mol. The van der Waals surface area contributed by atoms with Crippen LogP contribution < -0.4 is 0 Å². The number of alkyl halides is 2. The molecule has 0 aromatic rings. The molecule has 3 heteroatoms. The normalized spacial score (nSPS) is 34.3. The van der Waals surface area contributed by atoms with Crippen molar-refractivity contribution in [1.82, 2.24) is 0 Å². The van der Waals surface area contributed by atoms with Crippen LogP contribution in [0.3, 0.4) is 0 Å². The Morgan fingerprint density at radius 2 is 2.44 bits per heavy atom. The molecule has 0 saturated heterocycles. The van der Waals surface area contributed by atoms with Gasteiger partial charge in [-0.25, -0.2) is 4.39 Å². The summed E-state index contributed by atoms with van der Waals surface area (Å²) in [5, 5.41) is -1.66. The average molecular weight is 211 g/mol. The SMILES string of the molecule is FC1(Cl)C=CC(Br)=CC1. The van der Waals surface area contributed by atoms with E-state index in [1.165, 1.54) is 6.08 Å². The van der Waals surface area contributed by atoms with Crippen molar-refractivity contribution in [2.75, 3.05) is 0 Å². The molecular weight excluding hydrogens is 206 g/mol. The van der Waals surface area contributed by atoms with Crippen LogP contribution in [-0.4, -0.2) is 5.13 Å². The largest absolute Gasteiger partial charge is 0.221 e. The van der Waals surface area contributed by atoms with Crippen LogP contribution >= 0.6 is 27.5 Å². The van der Waals surface area contributed by atoms with Gasteiger partial charge in [0.1, 0.15) is 0 Å². The zero-order chi connectivity index (χ0) is 6.91. The highest BCUT2D eigenvalue weighted by Gasteiger charge is 2.22. The Bertz CT molecular complexity index is 172. The van der Waals surface area contributed by atoms with E-state index in [-0.39, 0.29) is 6.42 Å². The standard InChI is InChI=1S/C6H5BrClF/c7-5-1-3-6(8,9)4-2-5/h1-3H,4H2. The van der Waals surface area contributed by atoms with E-state index < -0.39 is 5.13 Å². The first-order valence-corrected chi connectivity index (χ1v) is 3.70. The first-order chi connectivity index (χ1) is 4.10. The van der Waals surface area contributed by atoms with Crippen molar-refractivity contribution in [1.29, 1.82) is 0 Å². The van der Waals surface area contributed by atoms with Gasteiger partial charge in [-0.15, -0.1) is 0 Å². The van der Waals surface area contributed by atoms with Gasteiger partial charge in [-0.1, -0.05) is 33.6 Å². The van der Waals surface area contributed by atoms with Gasteiger partial charge in [-0.3, -0.25) is 0 Å². The molecule has 0 heterocycles. The van der Waals surface area contributed by atoms with E-state index in [2.05, 4.69) is 15.9 Å². The van der Waals surface area contributed by atoms with Gasteiger partial charge in [0.05, 0.1) is 0 Å². The van der Waals surface area contributed by atoms with Gasteiger partial charge in [0.15, 0.2) is 0 Å². The zero-order valence-corrected chi connectivity index (χ0v) is 6.91. The summed E-state index contributed by atoms with van der Waals surface area (Å²) in [5.41, 5.74) is 0. The molecule has 0 saturated carbocycles. The third-order valence-electron chi connectivity index (χ3n) is 1.06. The van der Waals surface area contributed by atoms with E-state index in [1.807, 2.05) is 0 Å². The lowest BCUT2D eigenvalue weighted by Crippen LogP contribution is -2.10. The minimum absolute atomic E-state index is 0.242. The quantitative estimate of drug-likeness (QED) is 0.540. The fourth-order valence-electron chi connectivity index (χ4n) is 0.571. The van der Waals surface area contributed by atoms with Gasteiger partial charge in [0, 0.05) is 10.9 Å². The lowest BCUT2D eigenvalue weighted by molar-refractivity contribution is 0.347. The van der Waals surface area contributed by atoms with Gasteiger partial charge in [-0.05, 0) is 12.2 Å². The molecule has 0 nitrogen and oxygen atoms in total. The van der Waals surface area contributed by atoms with Crippen LogP contribution in [0.4, 0.5) is 4.39 Å². The Morgan fingerprint density at radius 1 is 1.78 bits per heavy atom. The Hall–Kier alpha value is 0.180. The zero-order valence-electron chi connectivity index (χ0n) is 4.57. The van der Waals surface area contributed by atoms with Crippen LogP contribution in [0.15, 0.2) is 22.7 Å². The predicted molar refractivity (Wildman–Crippen MR) is 40.5 cm³/mol. The molecule has 0 aliphatic heterocycles. The van der Waals surface area contributed by atoms with Crippen molar-refractivity contribution in [2.24, 2.45) is 0 Å². The van der Waals surface area contributed by atoms with Gasteiger partial charge in [-0.2, -0.15) is 0 Å². The molecule has 50 valence electrons. The van der Waals surface area contributed by atoms with Crippen LogP contribution in [0.2, 0.25) is 0 Å².